The van der Waals surface area contributed by atoms with Crippen LogP contribution in [0.2, 0.25) is 0 Å². The van der Waals surface area contributed by atoms with Crippen molar-refractivity contribution in [2.45, 2.75) is 71.0 Å². The molecule has 1 fully saturated rings. The third-order valence-electron chi connectivity index (χ3n) is 3.95. The normalized spacial score (nSPS) is 20.1. The molecule has 0 saturated heterocycles. The van der Waals surface area contributed by atoms with Gasteiger partial charge in [0.25, 0.3) is 0 Å². The Morgan fingerprint density at radius 3 is 2.15 bits per heavy atom. The van der Waals surface area contributed by atoms with Crippen molar-refractivity contribution >= 4 is 0 Å². The summed E-state index contributed by atoms with van der Waals surface area (Å²) in [7, 11) is 0. The summed E-state index contributed by atoms with van der Waals surface area (Å²) in [5, 5.41) is 3.51. The van der Waals surface area contributed by atoms with E-state index in [9.17, 15) is 13.2 Å². The van der Waals surface area contributed by atoms with Gasteiger partial charge < -0.3 is 10.1 Å². The summed E-state index contributed by atoms with van der Waals surface area (Å²) in [6, 6.07) is 0. The lowest BCUT2D eigenvalue weighted by Gasteiger charge is -2.40. The van der Waals surface area contributed by atoms with Gasteiger partial charge in [-0.25, -0.2) is 0 Å². The molecule has 0 atom stereocenters. The summed E-state index contributed by atoms with van der Waals surface area (Å²) in [4.78, 5) is 0. The second-order valence-corrected chi connectivity index (χ2v) is 7.08. The Labute approximate surface area is 120 Å². The van der Waals surface area contributed by atoms with Crippen LogP contribution in [0.5, 0.6) is 0 Å². The summed E-state index contributed by atoms with van der Waals surface area (Å²) in [5.41, 5.74) is 0.147. The maximum absolute atomic E-state index is 12.1. The lowest BCUT2D eigenvalue weighted by Crippen LogP contribution is -2.45. The first-order valence-electron chi connectivity index (χ1n) is 7.52. The number of rotatable bonds is 6. The Bertz CT molecular complexity index is 278. The van der Waals surface area contributed by atoms with Crippen LogP contribution in [0.4, 0.5) is 13.2 Å². The van der Waals surface area contributed by atoms with Crippen LogP contribution in [-0.2, 0) is 4.74 Å². The fourth-order valence-corrected chi connectivity index (χ4v) is 2.75. The first kappa shape index (κ1) is 17.8. The number of ether oxygens (including phenoxy) is 1. The predicted octanol–water partition coefficient (Wildman–Crippen LogP) is 4.29. The summed E-state index contributed by atoms with van der Waals surface area (Å²) >= 11 is 0. The minimum absolute atomic E-state index is 0.0390. The Morgan fingerprint density at radius 1 is 1.05 bits per heavy atom. The van der Waals surface area contributed by atoms with Crippen molar-refractivity contribution in [3.8, 4) is 0 Å². The van der Waals surface area contributed by atoms with E-state index in [2.05, 4.69) is 26.1 Å². The zero-order valence-corrected chi connectivity index (χ0v) is 12.9. The van der Waals surface area contributed by atoms with E-state index in [1.165, 1.54) is 19.3 Å². The van der Waals surface area contributed by atoms with Crippen molar-refractivity contribution in [1.82, 2.24) is 5.32 Å². The molecule has 5 heteroatoms. The Balaban J connectivity index is 2.43. The van der Waals surface area contributed by atoms with Crippen molar-refractivity contribution in [2.75, 3.05) is 19.8 Å². The van der Waals surface area contributed by atoms with E-state index < -0.39 is 12.8 Å². The zero-order valence-electron chi connectivity index (χ0n) is 12.9. The molecule has 1 rings (SSSR count). The largest absolute Gasteiger partial charge is 0.411 e. The first-order chi connectivity index (χ1) is 9.12. The fraction of sp³-hybridized carbons (Fsp3) is 1.00. The highest BCUT2D eigenvalue weighted by molar-refractivity contribution is 4.87. The number of nitrogens with one attached hydrogen (secondary N) is 1. The molecule has 0 spiro atoms. The maximum atomic E-state index is 12.1. The molecule has 1 aliphatic rings. The highest BCUT2D eigenvalue weighted by atomic mass is 19.4. The van der Waals surface area contributed by atoms with E-state index >= 15 is 0 Å². The molecule has 1 aliphatic carbocycles. The van der Waals surface area contributed by atoms with Crippen molar-refractivity contribution in [3.05, 3.63) is 0 Å². The predicted molar refractivity (Wildman–Crippen MR) is 74.8 cm³/mol. The molecular weight excluding hydrogens is 267 g/mol. The van der Waals surface area contributed by atoms with E-state index in [4.69, 9.17) is 4.74 Å². The molecule has 0 bridgehead atoms. The lowest BCUT2D eigenvalue weighted by atomic mass is 9.71. The van der Waals surface area contributed by atoms with Crippen LogP contribution in [0.25, 0.3) is 0 Å². The van der Waals surface area contributed by atoms with Crippen LogP contribution in [0.3, 0.4) is 0 Å². The maximum Gasteiger partial charge on any atom is 0.411 e. The van der Waals surface area contributed by atoms with Gasteiger partial charge >= 0.3 is 6.18 Å². The van der Waals surface area contributed by atoms with Crippen molar-refractivity contribution in [2.24, 2.45) is 5.41 Å². The van der Waals surface area contributed by atoms with E-state index in [1.54, 1.807) is 0 Å². The summed E-state index contributed by atoms with van der Waals surface area (Å²) in [5.74, 6) is 0. The highest BCUT2D eigenvalue weighted by Gasteiger charge is 2.33. The van der Waals surface area contributed by atoms with E-state index in [1.807, 2.05) is 0 Å². The van der Waals surface area contributed by atoms with Crippen molar-refractivity contribution in [3.63, 3.8) is 0 Å². The molecular formula is C15H28F3NO. The summed E-state index contributed by atoms with van der Waals surface area (Å²) in [6.45, 7) is 6.28. The van der Waals surface area contributed by atoms with Gasteiger partial charge in [0.05, 0.1) is 0 Å². The van der Waals surface area contributed by atoms with Gasteiger partial charge in [-0.2, -0.15) is 13.2 Å². The van der Waals surface area contributed by atoms with Crippen molar-refractivity contribution in [1.29, 1.82) is 0 Å². The number of hydrogen-bond acceptors (Lipinski definition) is 2. The van der Waals surface area contributed by atoms with E-state index in [-0.39, 0.29) is 17.6 Å². The molecule has 0 amide bonds. The average molecular weight is 295 g/mol. The molecule has 0 heterocycles. The molecule has 0 aromatic rings. The van der Waals surface area contributed by atoms with Crippen LogP contribution in [0.15, 0.2) is 0 Å². The van der Waals surface area contributed by atoms with Crippen LogP contribution < -0.4 is 5.32 Å². The standard InChI is InChI=1S/C15H28F3NO/c1-13(2,3)19-11-14(7-5-4-6-8-14)9-10-20-12-15(16,17)18/h19H,4-12H2,1-3H3. The number of halogens is 3. The smallest absolute Gasteiger partial charge is 0.372 e. The molecule has 1 N–H and O–H groups in total. The molecule has 0 unspecified atom stereocenters. The minimum Gasteiger partial charge on any atom is -0.372 e. The molecule has 0 radical (unpaired) electrons. The Kier molecular flexibility index (Phi) is 6.32. The fourth-order valence-electron chi connectivity index (χ4n) is 2.75. The van der Waals surface area contributed by atoms with E-state index in [0.717, 1.165) is 19.4 Å². The monoisotopic (exact) mass is 295 g/mol. The molecule has 20 heavy (non-hydrogen) atoms. The second-order valence-electron chi connectivity index (χ2n) is 7.08. The SMILES string of the molecule is CC(C)(C)NCC1(CCOCC(F)(F)F)CCCCC1. The number of hydrogen-bond donors (Lipinski definition) is 1. The van der Waals surface area contributed by atoms with Gasteiger partial charge in [-0.1, -0.05) is 19.3 Å². The van der Waals surface area contributed by atoms with Gasteiger partial charge in [-0.15, -0.1) is 0 Å². The van der Waals surface area contributed by atoms with Gasteiger partial charge in [0.1, 0.15) is 6.61 Å². The van der Waals surface area contributed by atoms with Gasteiger partial charge in [0, 0.05) is 18.7 Å². The topological polar surface area (TPSA) is 21.3 Å². The second kappa shape index (κ2) is 7.12. The molecule has 120 valence electrons. The van der Waals surface area contributed by atoms with Crippen molar-refractivity contribution < 1.29 is 17.9 Å². The zero-order chi connectivity index (χ0) is 15.3. The van der Waals surface area contributed by atoms with Crippen LogP contribution in [0, 0.1) is 5.41 Å². The van der Waals surface area contributed by atoms with Crippen LogP contribution in [0.1, 0.15) is 59.3 Å². The lowest BCUT2D eigenvalue weighted by molar-refractivity contribution is -0.175. The molecule has 1 saturated carbocycles. The molecule has 0 aromatic carbocycles. The Hall–Kier alpha value is -0.290. The van der Waals surface area contributed by atoms with Gasteiger partial charge in [0.15, 0.2) is 0 Å². The van der Waals surface area contributed by atoms with Gasteiger partial charge in [-0.05, 0) is 45.4 Å². The third kappa shape index (κ3) is 7.48. The average Bonchev–Trinajstić information content (AvgIpc) is 2.32. The van der Waals surface area contributed by atoms with Crippen LogP contribution >= 0.6 is 0 Å². The third-order valence-corrected chi connectivity index (χ3v) is 3.95. The molecule has 0 aromatic heterocycles. The van der Waals surface area contributed by atoms with Gasteiger partial charge in [-0.3, -0.25) is 0 Å². The summed E-state index contributed by atoms with van der Waals surface area (Å²) in [6.07, 6.45) is 2.25. The molecule has 2 nitrogen and oxygen atoms in total. The highest BCUT2D eigenvalue weighted by Crippen LogP contribution is 2.39. The minimum atomic E-state index is -4.22. The van der Waals surface area contributed by atoms with Crippen LogP contribution in [-0.4, -0.2) is 31.5 Å². The van der Waals surface area contributed by atoms with E-state index in [0.29, 0.717) is 6.42 Å². The quantitative estimate of drug-likeness (QED) is 0.738. The Morgan fingerprint density at radius 2 is 1.65 bits per heavy atom. The summed E-state index contributed by atoms with van der Waals surface area (Å²) < 4.78 is 41.1. The number of alkyl halides is 3. The first-order valence-corrected chi connectivity index (χ1v) is 7.52. The van der Waals surface area contributed by atoms with Gasteiger partial charge in [0.2, 0.25) is 0 Å². The molecule has 0 aliphatic heterocycles.